The average molecular weight is 295 g/mol. The lowest BCUT2D eigenvalue weighted by Gasteiger charge is -2.20. The molecular formula is C19H21NO2. The van der Waals surface area contributed by atoms with Crippen LogP contribution in [0, 0.1) is 0 Å². The van der Waals surface area contributed by atoms with Gasteiger partial charge >= 0.3 is 0 Å². The quantitative estimate of drug-likeness (QED) is 0.831. The van der Waals surface area contributed by atoms with Gasteiger partial charge in [-0.05, 0) is 31.9 Å². The van der Waals surface area contributed by atoms with Crippen molar-refractivity contribution < 1.29 is 9.84 Å². The minimum Gasteiger partial charge on any atom is -0.506 e. The molecule has 1 atom stereocenters. The van der Waals surface area contributed by atoms with Crippen LogP contribution >= 0.6 is 0 Å². The average Bonchev–Trinajstić information content (AvgIpc) is 2.82. The van der Waals surface area contributed by atoms with Gasteiger partial charge in [0.1, 0.15) is 11.5 Å². The SMILES string of the molecule is CC1CC2=C(CCC3=C2C(O)=CN(c2ccccc2)CC3)O1. The lowest BCUT2D eigenvalue weighted by atomic mass is 9.86. The number of allylic oxidation sites excluding steroid dienone is 2. The first-order chi connectivity index (χ1) is 10.7. The van der Waals surface area contributed by atoms with E-state index < -0.39 is 0 Å². The van der Waals surface area contributed by atoms with Crippen molar-refractivity contribution in [1.82, 2.24) is 0 Å². The molecule has 0 saturated carbocycles. The highest BCUT2D eigenvalue weighted by Gasteiger charge is 2.33. The van der Waals surface area contributed by atoms with Crippen molar-refractivity contribution in [3.8, 4) is 0 Å². The van der Waals surface area contributed by atoms with E-state index in [0.717, 1.165) is 49.2 Å². The van der Waals surface area contributed by atoms with E-state index in [2.05, 4.69) is 24.0 Å². The number of aliphatic hydroxyl groups is 1. The zero-order valence-corrected chi connectivity index (χ0v) is 12.9. The van der Waals surface area contributed by atoms with Crippen molar-refractivity contribution >= 4 is 5.69 Å². The van der Waals surface area contributed by atoms with Crippen molar-refractivity contribution in [2.45, 2.75) is 38.7 Å². The van der Waals surface area contributed by atoms with Gasteiger partial charge < -0.3 is 14.7 Å². The van der Waals surface area contributed by atoms with Crippen LogP contribution in [0.5, 0.6) is 0 Å². The molecule has 0 spiro atoms. The van der Waals surface area contributed by atoms with E-state index in [1.807, 2.05) is 24.4 Å². The highest BCUT2D eigenvalue weighted by molar-refractivity contribution is 5.57. The van der Waals surface area contributed by atoms with Crippen molar-refractivity contribution in [2.24, 2.45) is 0 Å². The van der Waals surface area contributed by atoms with Crippen LogP contribution in [0.25, 0.3) is 0 Å². The molecule has 0 saturated heterocycles. The number of ether oxygens (including phenoxy) is 1. The van der Waals surface area contributed by atoms with Gasteiger partial charge in [0.25, 0.3) is 0 Å². The number of aliphatic hydroxyl groups excluding tert-OH is 1. The minimum atomic E-state index is 0.234. The fourth-order valence-electron chi connectivity index (χ4n) is 3.75. The fourth-order valence-corrected chi connectivity index (χ4v) is 3.75. The maximum Gasteiger partial charge on any atom is 0.139 e. The maximum absolute atomic E-state index is 10.7. The molecule has 1 aromatic carbocycles. The Kier molecular flexibility index (Phi) is 3.21. The zero-order valence-electron chi connectivity index (χ0n) is 12.9. The summed E-state index contributed by atoms with van der Waals surface area (Å²) in [6.45, 7) is 3.01. The van der Waals surface area contributed by atoms with Crippen LogP contribution in [-0.4, -0.2) is 17.8 Å². The van der Waals surface area contributed by atoms with Crippen molar-refractivity contribution in [1.29, 1.82) is 0 Å². The van der Waals surface area contributed by atoms with Gasteiger partial charge in [-0.2, -0.15) is 0 Å². The molecule has 22 heavy (non-hydrogen) atoms. The molecule has 3 nitrogen and oxygen atoms in total. The third-order valence-electron chi connectivity index (χ3n) is 4.76. The summed E-state index contributed by atoms with van der Waals surface area (Å²) in [5.41, 5.74) is 4.80. The van der Waals surface area contributed by atoms with E-state index in [-0.39, 0.29) is 6.10 Å². The summed E-state index contributed by atoms with van der Waals surface area (Å²) in [4.78, 5) is 2.15. The van der Waals surface area contributed by atoms with Gasteiger partial charge in [-0.3, -0.25) is 0 Å². The summed E-state index contributed by atoms with van der Waals surface area (Å²) in [7, 11) is 0. The molecule has 4 rings (SSSR count). The Labute approximate surface area is 131 Å². The van der Waals surface area contributed by atoms with Crippen molar-refractivity contribution in [3.63, 3.8) is 0 Å². The Morgan fingerprint density at radius 3 is 2.77 bits per heavy atom. The molecule has 1 unspecified atom stereocenters. The molecule has 1 N–H and O–H groups in total. The second-order valence-electron chi connectivity index (χ2n) is 6.31. The second-order valence-corrected chi connectivity index (χ2v) is 6.31. The molecule has 0 radical (unpaired) electrons. The number of fused-ring (bicyclic) bond motifs is 1. The van der Waals surface area contributed by atoms with E-state index in [1.165, 1.54) is 11.1 Å². The number of anilines is 1. The largest absolute Gasteiger partial charge is 0.506 e. The molecule has 2 aliphatic heterocycles. The summed E-state index contributed by atoms with van der Waals surface area (Å²) in [5, 5.41) is 10.7. The molecule has 1 aliphatic carbocycles. The topological polar surface area (TPSA) is 32.7 Å². The molecule has 3 aliphatic rings. The lowest BCUT2D eigenvalue weighted by Crippen LogP contribution is -2.17. The van der Waals surface area contributed by atoms with E-state index in [4.69, 9.17) is 4.74 Å². The molecule has 114 valence electrons. The summed E-state index contributed by atoms with van der Waals surface area (Å²) in [6, 6.07) is 10.2. The maximum atomic E-state index is 10.7. The van der Waals surface area contributed by atoms with E-state index in [9.17, 15) is 5.11 Å². The minimum absolute atomic E-state index is 0.234. The first kappa shape index (κ1) is 13.5. The molecule has 2 heterocycles. The first-order valence-corrected chi connectivity index (χ1v) is 8.06. The summed E-state index contributed by atoms with van der Waals surface area (Å²) >= 11 is 0. The normalized spacial score (nSPS) is 24.5. The smallest absolute Gasteiger partial charge is 0.139 e. The van der Waals surface area contributed by atoms with Crippen molar-refractivity contribution in [3.05, 3.63) is 64.8 Å². The van der Waals surface area contributed by atoms with Crippen LogP contribution < -0.4 is 4.90 Å². The van der Waals surface area contributed by atoms with E-state index in [0.29, 0.717) is 5.76 Å². The molecule has 0 amide bonds. The molecular weight excluding hydrogens is 274 g/mol. The number of hydrogen-bond donors (Lipinski definition) is 1. The van der Waals surface area contributed by atoms with Gasteiger partial charge in [-0.15, -0.1) is 0 Å². The predicted molar refractivity (Wildman–Crippen MR) is 87.6 cm³/mol. The molecule has 0 fully saturated rings. The summed E-state index contributed by atoms with van der Waals surface area (Å²) in [6.07, 6.45) is 6.01. The highest BCUT2D eigenvalue weighted by Crippen LogP contribution is 2.43. The highest BCUT2D eigenvalue weighted by atomic mass is 16.5. The van der Waals surface area contributed by atoms with Gasteiger partial charge in [-0.25, -0.2) is 0 Å². The van der Waals surface area contributed by atoms with Crippen LogP contribution in [0.2, 0.25) is 0 Å². The molecule has 3 heteroatoms. The number of hydrogen-bond acceptors (Lipinski definition) is 3. The third-order valence-corrected chi connectivity index (χ3v) is 4.76. The number of nitrogens with zero attached hydrogens (tertiary/aromatic N) is 1. The van der Waals surface area contributed by atoms with Crippen LogP contribution in [0.1, 0.15) is 32.6 Å². The Morgan fingerprint density at radius 2 is 1.95 bits per heavy atom. The Balaban J connectivity index is 1.70. The lowest BCUT2D eigenvalue weighted by molar-refractivity contribution is 0.153. The second kappa shape index (κ2) is 5.24. The first-order valence-electron chi connectivity index (χ1n) is 8.06. The zero-order chi connectivity index (χ0) is 15.1. The van der Waals surface area contributed by atoms with Crippen LogP contribution in [0.15, 0.2) is 64.8 Å². The standard InChI is InChI=1S/C19H21NO2/c1-13-11-16-18(22-13)8-7-14-9-10-20(12-17(21)19(14)16)15-5-3-2-4-6-15/h2-6,12-13,21H,7-11H2,1H3. The van der Waals surface area contributed by atoms with Gasteiger partial charge in [-0.1, -0.05) is 23.8 Å². The number of rotatable bonds is 1. The van der Waals surface area contributed by atoms with Crippen LogP contribution in [0.4, 0.5) is 5.69 Å². The predicted octanol–water partition coefficient (Wildman–Crippen LogP) is 4.45. The molecule has 1 aromatic rings. The van der Waals surface area contributed by atoms with E-state index in [1.54, 1.807) is 0 Å². The Bertz CT molecular complexity index is 685. The van der Waals surface area contributed by atoms with Crippen molar-refractivity contribution in [2.75, 3.05) is 11.4 Å². The summed E-state index contributed by atoms with van der Waals surface area (Å²) in [5.74, 6) is 1.49. The van der Waals surface area contributed by atoms with Gasteiger partial charge in [0.05, 0.1) is 6.10 Å². The third kappa shape index (κ3) is 2.21. The molecule has 0 aromatic heterocycles. The fraction of sp³-hybridized carbons (Fsp3) is 0.368. The summed E-state index contributed by atoms with van der Waals surface area (Å²) < 4.78 is 5.91. The van der Waals surface area contributed by atoms with Crippen LogP contribution in [-0.2, 0) is 4.74 Å². The Hall–Kier alpha value is -2.16. The number of para-hydroxylation sites is 1. The van der Waals surface area contributed by atoms with Crippen LogP contribution in [0.3, 0.4) is 0 Å². The monoisotopic (exact) mass is 295 g/mol. The Morgan fingerprint density at radius 1 is 1.14 bits per heavy atom. The van der Waals surface area contributed by atoms with Gasteiger partial charge in [0, 0.05) is 42.4 Å². The molecule has 0 bridgehead atoms. The van der Waals surface area contributed by atoms with Gasteiger partial charge in [0.2, 0.25) is 0 Å². The number of benzene rings is 1. The van der Waals surface area contributed by atoms with E-state index >= 15 is 0 Å². The van der Waals surface area contributed by atoms with Gasteiger partial charge in [0.15, 0.2) is 0 Å².